The van der Waals surface area contributed by atoms with Crippen molar-refractivity contribution < 1.29 is 24.1 Å². The number of nitriles is 2. The van der Waals surface area contributed by atoms with Crippen molar-refractivity contribution in [2.24, 2.45) is 11.5 Å². The molecular formula is C48H53FN16O4. The normalized spacial score (nSPS) is 14.9. The van der Waals surface area contributed by atoms with E-state index >= 15 is 0 Å². The summed E-state index contributed by atoms with van der Waals surface area (Å²) >= 11 is 0. The number of anilines is 1. The van der Waals surface area contributed by atoms with Gasteiger partial charge in [0.1, 0.15) is 42.7 Å². The van der Waals surface area contributed by atoms with Crippen molar-refractivity contribution in [2.45, 2.75) is 63.1 Å². The van der Waals surface area contributed by atoms with Gasteiger partial charge in [-0.3, -0.25) is 9.36 Å². The molecule has 0 amide bonds. The third kappa shape index (κ3) is 11.7. The summed E-state index contributed by atoms with van der Waals surface area (Å²) in [6.07, 6.45) is 16.9. The van der Waals surface area contributed by atoms with Gasteiger partial charge in [0.25, 0.3) is 0 Å². The van der Waals surface area contributed by atoms with Crippen LogP contribution in [0.2, 0.25) is 0 Å². The lowest BCUT2D eigenvalue weighted by Crippen LogP contribution is -2.69. The number of pyridine rings is 4. The lowest BCUT2D eigenvalue weighted by molar-refractivity contribution is 0.0280. The molecule has 69 heavy (non-hydrogen) atoms. The first-order chi connectivity index (χ1) is 32.9. The van der Waals surface area contributed by atoms with Gasteiger partial charge in [-0.15, -0.1) is 0 Å². The van der Waals surface area contributed by atoms with Crippen LogP contribution in [0.3, 0.4) is 0 Å². The third-order valence-corrected chi connectivity index (χ3v) is 11.1. The Morgan fingerprint density at radius 3 is 1.59 bits per heavy atom. The molecule has 0 saturated carbocycles. The number of ether oxygens (including phenoxy) is 2. The van der Waals surface area contributed by atoms with Crippen LogP contribution < -0.4 is 31.2 Å². The molecule has 0 radical (unpaired) electrons. The van der Waals surface area contributed by atoms with Gasteiger partial charge in [0.15, 0.2) is 0 Å². The van der Waals surface area contributed by atoms with Gasteiger partial charge in [0.05, 0.1) is 82.3 Å². The van der Waals surface area contributed by atoms with E-state index in [1.54, 1.807) is 75.3 Å². The number of aliphatic hydroxyl groups is 2. The Kier molecular flexibility index (Phi) is 13.4. The van der Waals surface area contributed by atoms with Crippen LogP contribution in [0.15, 0.2) is 110 Å². The Balaban J connectivity index is 0.000000158. The zero-order valence-corrected chi connectivity index (χ0v) is 38.6. The van der Waals surface area contributed by atoms with E-state index in [4.69, 9.17) is 20.9 Å². The van der Waals surface area contributed by atoms with Crippen LogP contribution in [0.4, 0.5) is 10.2 Å². The van der Waals surface area contributed by atoms with E-state index in [2.05, 4.69) is 52.7 Å². The van der Waals surface area contributed by atoms with Gasteiger partial charge in [0, 0.05) is 85.6 Å². The van der Waals surface area contributed by atoms with Crippen molar-refractivity contribution in [3.05, 3.63) is 128 Å². The predicted molar refractivity (Wildman–Crippen MR) is 253 cm³/mol. The Hall–Kier alpha value is -7.79. The monoisotopic (exact) mass is 936 g/mol. The lowest BCUT2D eigenvalue weighted by Gasteiger charge is -2.48. The minimum Gasteiger partial charge on any atom is -0.489 e. The van der Waals surface area contributed by atoms with Gasteiger partial charge in [-0.2, -0.15) is 35.3 Å². The van der Waals surface area contributed by atoms with Crippen molar-refractivity contribution in [2.75, 3.05) is 44.3 Å². The smallest absolute Gasteiger partial charge is 0.212 e. The van der Waals surface area contributed by atoms with Crippen molar-refractivity contribution in [1.82, 2.24) is 54.1 Å². The first kappa shape index (κ1) is 47.7. The molecule has 0 aromatic carbocycles. The van der Waals surface area contributed by atoms with Gasteiger partial charge in [0.2, 0.25) is 5.95 Å². The molecule has 0 spiro atoms. The Labute approximate surface area is 396 Å². The number of aromatic nitrogens is 10. The summed E-state index contributed by atoms with van der Waals surface area (Å²) in [6.45, 7) is 11.5. The molecule has 21 heteroatoms. The SMILES string of the molecule is CC(C)(O)COc1cc(-c2ccc(F)nc2)c2c(C#N)cnn2c1.CC(C)(O)COc1cc(-c2ccc(N3CC(N)(Cn4cccn4)C3)nc2)c2c(C#N)cnn2c1.NC1(Cn2cccn2)CNC1. The maximum atomic E-state index is 13.1. The number of hydrogen-bond acceptors (Lipinski definition) is 16. The van der Waals surface area contributed by atoms with Gasteiger partial charge < -0.3 is 41.4 Å². The summed E-state index contributed by atoms with van der Waals surface area (Å²) in [4.78, 5) is 10.4. The average Bonchev–Trinajstić information content (AvgIpc) is 4.15. The second-order valence-electron chi connectivity index (χ2n) is 18.7. The van der Waals surface area contributed by atoms with Crippen LogP contribution in [-0.4, -0.2) is 121 Å². The highest BCUT2D eigenvalue weighted by Crippen LogP contribution is 2.34. The lowest BCUT2D eigenvalue weighted by atomic mass is 9.91. The standard InChI is InChI=1S/C24H26N8O2.C17H15FN4O2.C7H12N4/c1-23(2,33)16-34-19-8-20(22-18(9-25)11-29-32(22)12-19)17-4-5-21(27-10-17)30-13-24(26,14-30)15-31-7-3-6-28-31;1-17(2,23)10-24-13-5-14(11-3-4-15(18)20-7-11)16-12(6-19)8-21-22(16)9-13;8-7(4-9-5-7)6-11-3-1-2-10-11/h3-8,10-12,33H,13-16,26H2,1-2H3;3-5,7-9,23H,10H2,1-2H3;1-3,9H,4-6,8H2. The number of hydrogen-bond donors (Lipinski definition) is 5. The minimum atomic E-state index is -0.992. The molecule has 2 aliphatic rings. The highest BCUT2D eigenvalue weighted by atomic mass is 19.1. The Morgan fingerprint density at radius 1 is 0.710 bits per heavy atom. The number of nitrogens with two attached hydrogens (primary N) is 2. The fourth-order valence-electron chi connectivity index (χ4n) is 7.71. The maximum Gasteiger partial charge on any atom is 0.212 e. The molecule has 2 aliphatic heterocycles. The fourth-order valence-corrected chi connectivity index (χ4v) is 7.71. The summed E-state index contributed by atoms with van der Waals surface area (Å²) in [5.74, 6) is 1.26. The molecule has 7 N–H and O–H groups in total. The number of nitrogens with zero attached hydrogens (tertiary/aromatic N) is 13. The van der Waals surface area contributed by atoms with Crippen molar-refractivity contribution >= 4 is 16.9 Å². The number of fused-ring (bicyclic) bond motifs is 2. The fraction of sp³-hybridized carbons (Fsp3) is 0.333. The summed E-state index contributed by atoms with van der Waals surface area (Å²) < 4.78 is 31.4. The molecular weight excluding hydrogens is 884 g/mol. The van der Waals surface area contributed by atoms with Gasteiger partial charge in [-0.05, 0) is 76.2 Å². The van der Waals surface area contributed by atoms with E-state index in [1.807, 2.05) is 52.1 Å². The highest BCUT2D eigenvalue weighted by molar-refractivity contribution is 5.86. The molecule has 0 unspecified atom stereocenters. The highest BCUT2D eigenvalue weighted by Gasteiger charge is 2.40. The van der Waals surface area contributed by atoms with E-state index in [9.17, 15) is 25.1 Å². The zero-order valence-electron chi connectivity index (χ0n) is 38.6. The number of nitrogens with one attached hydrogen (secondary N) is 1. The zero-order chi connectivity index (χ0) is 49.0. The van der Waals surface area contributed by atoms with E-state index in [1.165, 1.54) is 29.2 Å². The van der Waals surface area contributed by atoms with Crippen LogP contribution in [0, 0.1) is 28.6 Å². The first-order valence-corrected chi connectivity index (χ1v) is 22.0. The molecule has 0 bridgehead atoms. The Bertz CT molecular complexity index is 3080. The molecule has 0 aliphatic carbocycles. The van der Waals surface area contributed by atoms with Crippen LogP contribution in [0.1, 0.15) is 38.8 Å². The van der Waals surface area contributed by atoms with Crippen molar-refractivity contribution in [3.8, 4) is 45.9 Å². The molecule has 8 aromatic heterocycles. The Morgan fingerprint density at radius 2 is 1.20 bits per heavy atom. The van der Waals surface area contributed by atoms with E-state index < -0.39 is 17.1 Å². The minimum absolute atomic E-state index is 0.0635. The molecule has 10 heterocycles. The molecule has 10 rings (SSSR count). The predicted octanol–water partition coefficient (Wildman–Crippen LogP) is 3.57. The number of halogens is 1. The van der Waals surface area contributed by atoms with Crippen molar-refractivity contribution in [3.63, 3.8) is 0 Å². The molecule has 8 aromatic rings. The topological polar surface area (TPSA) is 270 Å². The van der Waals surface area contributed by atoms with Gasteiger partial charge in [-0.25, -0.2) is 19.0 Å². The second-order valence-corrected chi connectivity index (χ2v) is 18.7. The van der Waals surface area contributed by atoms with E-state index in [-0.39, 0.29) is 24.3 Å². The molecule has 2 saturated heterocycles. The van der Waals surface area contributed by atoms with Crippen molar-refractivity contribution in [1.29, 1.82) is 10.5 Å². The van der Waals surface area contributed by atoms with Crippen LogP contribution in [0.5, 0.6) is 11.5 Å². The number of rotatable bonds is 13. The summed E-state index contributed by atoms with van der Waals surface area (Å²) in [5, 5.41) is 58.6. The molecule has 2 fully saturated rings. The van der Waals surface area contributed by atoms with Gasteiger partial charge in [-0.1, -0.05) is 0 Å². The second kappa shape index (κ2) is 19.4. The molecule has 356 valence electrons. The quantitative estimate of drug-likeness (QED) is 0.103. The summed E-state index contributed by atoms with van der Waals surface area (Å²) in [6, 6.07) is 18.4. The average molecular weight is 937 g/mol. The van der Waals surface area contributed by atoms with Crippen LogP contribution in [-0.2, 0) is 13.1 Å². The largest absolute Gasteiger partial charge is 0.489 e. The van der Waals surface area contributed by atoms with Gasteiger partial charge >= 0.3 is 0 Å². The summed E-state index contributed by atoms with van der Waals surface area (Å²) in [5.41, 5.74) is 15.1. The van der Waals surface area contributed by atoms with E-state index in [0.29, 0.717) is 64.4 Å². The first-order valence-electron chi connectivity index (χ1n) is 22.0. The molecule has 0 atom stereocenters. The third-order valence-electron chi connectivity index (χ3n) is 11.1. The van der Waals surface area contributed by atoms with Crippen LogP contribution in [0.25, 0.3) is 33.3 Å². The summed E-state index contributed by atoms with van der Waals surface area (Å²) in [7, 11) is 0. The maximum absolute atomic E-state index is 13.1. The van der Waals surface area contributed by atoms with E-state index in [0.717, 1.165) is 36.6 Å². The van der Waals surface area contributed by atoms with Crippen LogP contribution >= 0.6 is 0 Å². The molecule has 20 nitrogen and oxygen atoms in total.